The van der Waals surface area contributed by atoms with Crippen molar-refractivity contribution in [1.29, 1.82) is 0 Å². The number of aromatic nitrogens is 3. The van der Waals surface area contributed by atoms with Crippen molar-refractivity contribution in [2.24, 2.45) is 5.41 Å². The molecule has 4 rings (SSSR count). The fraction of sp³-hybridized carbons (Fsp3) is 0.500. The number of rotatable bonds is 12. The molecule has 1 fully saturated rings. The molecule has 1 aliphatic carbocycles. The molecular weight excluding hydrogens is 570 g/mol. The summed E-state index contributed by atoms with van der Waals surface area (Å²) in [5.41, 5.74) is -0.329. The predicted octanol–water partition coefficient (Wildman–Crippen LogP) is 7.80. The van der Waals surface area contributed by atoms with Crippen LogP contribution in [0, 0.1) is 18.2 Å². The number of hydrogen-bond donors (Lipinski definition) is 1. The largest absolute Gasteiger partial charge is 0.481 e. The second kappa shape index (κ2) is 12.2. The third kappa shape index (κ3) is 6.86. The summed E-state index contributed by atoms with van der Waals surface area (Å²) in [5, 5.41) is 9.78. The molecule has 1 N–H and O–H groups in total. The van der Waals surface area contributed by atoms with E-state index in [1.54, 1.807) is 19.1 Å². The lowest BCUT2D eigenvalue weighted by Crippen LogP contribution is -2.50. The van der Waals surface area contributed by atoms with E-state index in [1.807, 2.05) is 6.92 Å². The average Bonchev–Trinajstić information content (AvgIpc) is 3.29. The zero-order chi connectivity index (χ0) is 30.9. The number of carbonyl (C=O) groups is 1. The van der Waals surface area contributed by atoms with Crippen molar-refractivity contribution in [3.8, 4) is 28.4 Å². The quantitative estimate of drug-likeness (QED) is 0.128. The molecule has 7 nitrogen and oxygen atoms in total. The summed E-state index contributed by atoms with van der Waals surface area (Å²) < 4.78 is 68.8. The summed E-state index contributed by atoms with van der Waals surface area (Å²) in [6, 6.07) is 6.75. The summed E-state index contributed by atoms with van der Waals surface area (Å²) in [5.74, 6) is -1.50. The Hall–Kier alpha value is -3.25. The van der Waals surface area contributed by atoms with E-state index in [0.717, 1.165) is 24.2 Å². The van der Waals surface area contributed by atoms with Crippen LogP contribution < -0.4 is 4.74 Å². The molecule has 12 heteroatoms. The maximum atomic E-state index is 15.5. The van der Waals surface area contributed by atoms with Gasteiger partial charge in [-0.1, -0.05) is 39.1 Å². The molecule has 2 heterocycles. The monoisotopic (exact) mass is 607 g/mol. The SMILES string of the molecule is CCC(Oc1cc(C)c(-c2ccc(-c3nc(C(F)(F)F)cn3COCC[Si](C)(C)C)c(F)c2)cn1)C1(C(=O)O)CCC1. The van der Waals surface area contributed by atoms with Gasteiger partial charge in [-0.2, -0.15) is 13.2 Å². The van der Waals surface area contributed by atoms with E-state index >= 15 is 4.39 Å². The summed E-state index contributed by atoms with van der Waals surface area (Å²) in [4.78, 5) is 20.0. The molecule has 0 saturated heterocycles. The van der Waals surface area contributed by atoms with Gasteiger partial charge in [-0.3, -0.25) is 4.79 Å². The molecule has 0 aliphatic heterocycles. The molecule has 0 spiro atoms. The molecule has 0 radical (unpaired) electrons. The minimum Gasteiger partial charge on any atom is -0.481 e. The highest BCUT2D eigenvalue weighted by atomic mass is 28.3. The van der Waals surface area contributed by atoms with Crippen LogP contribution in [0.4, 0.5) is 17.6 Å². The third-order valence-electron chi connectivity index (χ3n) is 7.82. The van der Waals surface area contributed by atoms with Gasteiger partial charge in [0.25, 0.3) is 0 Å². The Labute approximate surface area is 243 Å². The van der Waals surface area contributed by atoms with Gasteiger partial charge >= 0.3 is 12.1 Å². The molecule has 42 heavy (non-hydrogen) atoms. The Balaban J connectivity index is 1.57. The zero-order valence-corrected chi connectivity index (χ0v) is 25.5. The second-order valence-electron chi connectivity index (χ2n) is 12.1. The normalized spacial score (nSPS) is 15.7. The molecule has 1 aliphatic rings. The van der Waals surface area contributed by atoms with E-state index in [9.17, 15) is 23.1 Å². The van der Waals surface area contributed by atoms with E-state index in [4.69, 9.17) is 9.47 Å². The molecule has 3 aromatic rings. The first-order chi connectivity index (χ1) is 19.6. The van der Waals surface area contributed by atoms with Crippen molar-refractivity contribution in [2.75, 3.05) is 6.61 Å². The number of aliphatic carboxylic acids is 1. The van der Waals surface area contributed by atoms with E-state index in [2.05, 4.69) is 29.6 Å². The number of imidazole rings is 1. The van der Waals surface area contributed by atoms with Gasteiger partial charge in [0.2, 0.25) is 5.88 Å². The maximum Gasteiger partial charge on any atom is 0.434 e. The average molecular weight is 608 g/mol. The molecular formula is C30H37F4N3O4Si. The van der Waals surface area contributed by atoms with Gasteiger partial charge in [-0.25, -0.2) is 14.4 Å². The van der Waals surface area contributed by atoms with Gasteiger partial charge in [0.1, 0.15) is 29.9 Å². The molecule has 1 aromatic carbocycles. The van der Waals surface area contributed by atoms with Gasteiger partial charge in [-0.15, -0.1) is 0 Å². The fourth-order valence-electron chi connectivity index (χ4n) is 5.13. The molecule has 1 saturated carbocycles. The highest BCUT2D eigenvalue weighted by molar-refractivity contribution is 6.76. The van der Waals surface area contributed by atoms with Crippen LogP contribution in [0.2, 0.25) is 25.7 Å². The van der Waals surface area contributed by atoms with Gasteiger partial charge in [0, 0.05) is 38.7 Å². The fourth-order valence-corrected chi connectivity index (χ4v) is 5.89. The molecule has 2 aromatic heterocycles. The Kier molecular flexibility index (Phi) is 9.17. The highest BCUT2D eigenvalue weighted by Crippen LogP contribution is 2.46. The number of pyridine rings is 1. The zero-order valence-electron chi connectivity index (χ0n) is 24.5. The van der Waals surface area contributed by atoms with Crippen LogP contribution in [-0.2, 0) is 22.4 Å². The first-order valence-electron chi connectivity index (χ1n) is 14.0. The number of benzene rings is 1. The Morgan fingerprint density at radius 1 is 1.19 bits per heavy atom. The van der Waals surface area contributed by atoms with E-state index in [0.29, 0.717) is 37.0 Å². The number of halogens is 4. The number of alkyl halides is 3. The van der Waals surface area contributed by atoms with Crippen LogP contribution in [0.25, 0.3) is 22.5 Å². The highest BCUT2D eigenvalue weighted by Gasteiger charge is 2.51. The summed E-state index contributed by atoms with van der Waals surface area (Å²) in [6.07, 6.45) is -0.405. The minimum atomic E-state index is -4.69. The number of carboxylic acid groups (broad SMARTS) is 1. The van der Waals surface area contributed by atoms with E-state index in [1.165, 1.54) is 22.9 Å². The van der Waals surface area contributed by atoms with Crippen molar-refractivity contribution in [3.05, 3.63) is 53.7 Å². The Bertz CT molecular complexity index is 1430. The maximum absolute atomic E-state index is 15.5. The van der Waals surface area contributed by atoms with Gasteiger partial charge in [0.05, 0.1) is 5.56 Å². The first-order valence-corrected chi connectivity index (χ1v) is 17.7. The van der Waals surface area contributed by atoms with Crippen LogP contribution in [0.5, 0.6) is 5.88 Å². The van der Waals surface area contributed by atoms with Crippen LogP contribution in [0.1, 0.15) is 43.9 Å². The molecule has 1 unspecified atom stereocenters. The minimum absolute atomic E-state index is 0.0844. The topological polar surface area (TPSA) is 86.5 Å². The standard InChI is InChI=1S/C30H37F4N3O4Si/c1-6-25(29(28(38)39)10-7-11-29)41-26-14-19(2)22(16-35-26)20-8-9-21(23(31)15-20)27-36-24(30(32,33)34)17-37(27)18-40-12-13-42(3,4)5/h8-9,14-17,25H,6-7,10-13,18H2,1-5H3,(H,38,39). The van der Waals surface area contributed by atoms with Gasteiger partial charge in [0.15, 0.2) is 5.69 Å². The summed E-state index contributed by atoms with van der Waals surface area (Å²) in [7, 11) is -1.40. The van der Waals surface area contributed by atoms with Crippen LogP contribution in [-0.4, -0.2) is 46.4 Å². The van der Waals surface area contributed by atoms with Crippen molar-refractivity contribution in [1.82, 2.24) is 14.5 Å². The molecule has 0 bridgehead atoms. The third-order valence-corrected chi connectivity index (χ3v) is 9.53. The van der Waals surface area contributed by atoms with Crippen LogP contribution in [0.15, 0.2) is 36.7 Å². The number of aryl methyl sites for hydroxylation is 1. The van der Waals surface area contributed by atoms with Crippen molar-refractivity contribution in [3.63, 3.8) is 0 Å². The van der Waals surface area contributed by atoms with Crippen molar-refractivity contribution in [2.45, 2.75) is 84.2 Å². The summed E-state index contributed by atoms with van der Waals surface area (Å²) in [6.45, 7) is 10.4. The Morgan fingerprint density at radius 2 is 1.90 bits per heavy atom. The van der Waals surface area contributed by atoms with Gasteiger partial charge in [-0.05, 0) is 55.5 Å². The molecule has 1 atom stereocenters. The van der Waals surface area contributed by atoms with Gasteiger partial charge < -0.3 is 19.1 Å². The Morgan fingerprint density at radius 3 is 2.43 bits per heavy atom. The van der Waals surface area contributed by atoms with E-state index in [-0.39, 0.29) is 24.0 Å². The van der Waals surface area contributed by atoms with Crippen molar-refractivity contribution >= 4 is 14.0 Å². The molecule has 228 valence electrons. The second-order valence-corrected chi connectivity index (χ2v) is 17.7. The lowest BCUT2D eigenvalue weighted by molar-refractivity contribution is -0.164. The van der Waals surface area contributed by atoms with Crippen molar-refractivity contribution < 1.29 is 36.9 Å². The number of carboxylic acids is 1. The lowest BCUT2D eigenvalue weighted by atomic mass is 9.64. The van der Waals surface area contributed by atoms with E-state index < -0.39 is 43.2 Å². The first kappa shape index (κ1) is 31.7. The molecule has 0 amide bonds. The van der Waals surface area contributed by atoms with Crippen LogP contribution in [0.3, 0.4) is 0 Å². The smallest absolute Gasteiger partial charge is 0.434 e. The number of hydrogen-bond acceptors (Lipinski definition) is 5. The number of ether oxygens (including phenoxy) is 2. The van der Waals surface area contributed by atoms with Crippen LogP contribution >= 0.6 is 0 Å². The lowest BCUT2D eigenvalue weighted by Gasteiger charge is -2.43. The predicted molar refractivity (Wildman–Crippen MR) is 153 cm³/mol. The number of nitrogens with zero attached hydrogens (tertiary/aromatic N) is 3. The summed E-state index contributed by atoms with van der Waals surface area (Å²) >= 11 is 0.